The molecular weight excluding hydrogens is 402 g/mol. The molecule has 0 unspecified atom stereocenters. The van der Waals surface area contributed by atoms with Gasteiger partial charge in [0, 0.05) is 25.0 Å². The van der Waals surface area contributed by atoms with Crippen LogP contribution in [0.3, 0.4) is 0 Å². The van der Waals surface area contributed by atoms with Crippen molar-refractivity contribution in [2.75, 3.05) is 11.9 Å². The van der Waals surface area contributed by atoms with E-state index in [-0.39, 0.29) is 17.0 Å². The molecule has 0 aliphatic heterocycles. The van der Waals surface area contributed by atoms with E-state index in [1.165, 1.54) is 10.6 Å². The Morgan fingerprint density at radius 2 is 1.50 bits per heavy atom. The van der Waals surface area contributed by atoms with E-state index in [0.717, 1.165) is 5.56 Å². The highest BCUT2D eigenvalue weighted by atomic mass is 16.2. The van der Waals surface area contributed by atoms with Gasteiger partial charge in [0.25, 0.3) is 17.4 Å². The van der Waals surface area contributed by atoms with Crippen LogP contribution in [-0.2, 0) is 13.5 Å². The van der Waals surface area contributed by atoms with Crippen molar-refractivity contribution in [1.82, 2.24) is 9.88 Å². The number of carbonyl (C=O) groups excluding carboxylic acids is 2. The van der Waals surface area contributed by atoms with Gasteiger partial charge in [-0.2, -0.15) is 0 Å². The summed E-state index contributed by atoms with van der Waals surface area (Å²) in [4.78, 5) is 38.2. The van der Waals surface area contributed by atoms with Gasteiger partial charge in [-0.05, 0) is 30.2 Å². The molecule has 2 amide bonds. The third-order valence-corrected chi connectivity index (χ3v) is 5.36. The quantitative estimate of drug-likeness (QED) is 0.494. The van der Waals surface area contributed by atoms with Crippen molar-refractivity contribution < 1.29 is 9.59 Å². The third kappa shape index (κ3) is 4.44. The lowest BCUT2D eigenvalue weighted by atomic mass is 10.1. The average molecular weight is 425 g/mol. The number of nitrogens with zero attached hydrogens (tertiary/aromatic N) is 1. The second kappa shape index (κ2) is 9.31. The number of anilines is 1. The van der Waals surface area contributed by atoms with Gasteiger partial charge in [0.2, 0.25) is 0 Å². The average Bonchev–Trinajstić information content (AvgIpc) is 2.82. The molecule has 1 heterocycles. The van der Waals surface area contributed by atoms with Crippen LogP contribution in [0.5, 0.6) is 0 Å². The van der Waals surface area contributed by atoms with Crippen LogP contribution in [-0.4, -0.2) is 22.9 Å². The summed E-state index contributed by atoms with van der Waals surface area (Å²) in [5.74, 6) is -0.714. The Balaban J connectivity index is 1.54. The van der Waals surface area contributed by atoms with Gasteiger partial charge in [0.1, 0.15) is 0 Å². The molecule has 0 radical (unpaired) electrons. The molecule has 4 rings (SSSR count). The summed E-state index contributed by atoms with van der Waals surface area (Å²) in [6.07, 6.45) is 0.709. The van der Waals surface area contributed by atoms with Gasteiger partial charge in [0.15, 0.2) is 0 Å². The molecule has 32 heavy (non-hydrogen) atoms. The van der Waals surface area contributed by atoms with Gasteiger partial charge < -0.3 is 15.2 Å². The van der Waals surface area contributed by atoms with E-state index >= 15 is 0 Å². The lowest BCUT2D eigenvalue weighted by Gasteiger charge is -2.13. The summed E-state index contributed by atoms with van der Waals surface area (Å²) in [6.45, 7) is 0.477. The van der Waals surface area contributed by atoms with E-state index in [1.54, 1.807) is 43.4 Å². The Morgan fingerprint density at radius 3 is 2.31 bits per heavy atom. The van der Waals surface area contributed by atoms with Gasteiger partial charge in [-0.15, -0.1) is 0 Å². The largest absolute Gasteiger partial charge is 0.352 e. The normalized spacial score (nSPS) is 10.7. The highest BCUT2D eigenvalue weighted by Gasteiger charge is 2.17. The molecule has 6 nitrogen and oxygen atoms in total. The van der Waals surface area contributed by atoms with Crippen LogP contribution in [0.2, 0.25) is 0 Å². The molecule has 0 spiro atoms. The molecule has 6 heteroatoms. The number of pyridine rings is 1. The van der Waals surface area contributed by atoms with E-state index in [9.17, 15) is 14.4 Å². The standard InChI is InChI=1S/C26H23N3O3/c1-29-23-14-8-6-11-19(23)21(17-24(29)30)26(32)28-22-13-7-5-12-20(22)25(31)27-16-15-18-9-3-2-4-10-18/h2-14,17H,15-16H2,1H3,(H,27,31)(H,28,32). The number of fused-ring (bicyclic) bond motifs is 1. The number of carbonyl (C=O) groups is 2. The van der Waals surface area contributed by atoms with E-state index in [0.29, 0.717) is 35.1 Å². The van der Waals surface area contributed by atoms with E-state index < -0.39 is 5.91 Å². The lowest BCUT2D eigenvalue weighted by Crippen LogP contribution is -2.27. The fraction of sp³-hybridized carbons (Fsp3) is 0.115. The lowest BCUT2D eigenvalue weighted by molar-refractivity contribution is 0.0955. The van der Waals surface area contributed by atoms with Gasteiger partial charge in [0.05, 0.1) is 22.3 Å². The Kier molecular flexibility index (Phi) is 6.12. The molecule has 3 aromatic carbocycles. The van der Waals surface area contributed by atoms with Gasteiger partial charge in [-0.1, -0.05) is 60.7 Å². The zero-order chi connectivity index (χ0) is 22.5. The zero-order valence-electron chi connectivity index (χ0n) is 17.7. The summed E-state index contributed by atoms with van der Waals surface area (Å²) >= 11 is 0. The second-order valence-electron chi connectivity index (χ2n) is 7.46. The van der Waals surface area contributed by atoms with E-state index in [4.69, 9.17) is 0 Å². The number of rotatable bonds is 6. The predicted molar refractivity (Wildman–Crippen MR) is 126 cm³/mol. The molecule has 4 aromatic rings. The smallest absolute Gasteiger partial charge is 0.256 e. The van der Waals surface area contributed by atoms with Crippen molar-refractivity contribution >= 4 is 28.4 Å². The molecule has 0 aliphatic carbocycles. The fourth-order valence-corrected chi connectivity index (χ4v) is 3.64. The monoisotopic (exact) mass is 425 g/mol. The Morgan fingerprint density at radius 1 is 0.812 bits per heavy atom. The molecule has 1 aromatic heterocycles. The number of amides is 2. The van der Waals surface area contributed by atoms with Crippen molar-refractivity contribution in [3.05, 3.63) is 112 Å². The van der Waals surface area contributed by atoms with Crippen LogP contribution < -0.4 is 16.2 Å². The summed E-state index contributed by atoms with van der Waals surface area (Å²) in [7, 11) is 1.67. The number of benzene rings is 3. The highest BCUT2D eigenvalue weighted by molar-refractivity contribution is 6.14. The molecule has 0 saturated carbocycles. The minimum Gasteiger partial charge on any atom is -0.352 e. The Hall–Kier alpha value is -4.19. The predicted octanol–water partition coefficient (Wildman–Crippen LogP) is 3.76. The van der Waals surface area contributed by atoms with Crippen LogP contribution in [0, 0.1) is 0 Å². The topological polar surface area (TPSA) is 80.2 Å². The van der Waals surface area contributed by atoms with Crippen LogP contribution >= 0.6 is 0 Å². The zero-order valence-corrected chi connectivity index (χ0v) is 17.7. The first-order valence-corrected chi connectivity index (χ1v) is 10.4. The molecule has 0 saturated heterocycles. The SMILES string of the molecule is Cn1c(=O)cc(C(=O)Nc2ccccc2C(=O)NCCc2ccccc2)c2ccccc21. The van der Waals surface area contributed by atoms with Gasteiger partial charge in [-0.3, -0.25) is 14.4 Å². The van der Waals surface area contributed by atoms with Crippen molar-refractivity contribution in [3.8, 4) is 0 Å². The second-order valence-corrected chi connectivity index (χ2v) is 7.46. The van der Waals surface area contributed by atoms with Crippen LogP contribution in [0.25, 0.3) is 10.9 Å². The molecule has 0 bridgehead atoms. The summed E-state index contributed by atoms with van der Waals surface area (Å²) in [6, 6.07) is 25.3. The molecule has 0 aliphatic rings. The first-order chi connectivity index (χ1) is 15.5. The van der Waals surface area contributed by atoms with Crippen molar-refractivity contribution in [2.24, 2.45) is 7.05 Å². The molecule has 0 fully saturated rings. The number of para-hydroxylation sites is 2. The van der Waals surface area contributed by atoms with Crippen molar-refractivity contribution in [3.63, 3.8) is 0 Å². The van der Waals surface area contributed by atoms with Crippen molar-refractivity contribution in [2.45, 2.75) is 6.42 Å². The summed E-state index contributed by atoms with van der Waals surface area (Å²) < 4.78 is 1.50. The number of aromatic nitrogens is 1. The highest BCUT2D eigenvalue weighted by Crippen LogP contribution is 2.20. The minimum absolute atomic E-state index is 0.267. The number of hydrogen-bond acceptors (Lipinski definition) is 3. The van der Waals surface area contributed by atoms with Crippen LogP contribution in [0.1, 0.15) is 26.3 Å². The molecular formula is C26H23N3O3. The van der Waals surface area contributed by atoms with Gasteiger partial charge >= 0.3 is 0 Å². The number of nitrogens with one attached hydrogen (secondary N) is 2. The maximum Gasteiger partial charge on any atom is 0.256 e. The Labute approximate surface area is 185 Å². The third-order valence-electron chi connectivity index (χ3n) is 5.36. The molecule has 160 valence electrons. The van der Waals surface area contributed by atoms with Crippen LogP contribution in [0.4, 0.5) is 5.69 Å². The number of hydrogen-bond donors (Lipinski definition) is 2. The Bertz CT molecular complexity index is 1340. The first kappa shape index (κ1) is 21.1. The van der Waals surface area contributed by atoms with Crippen molar-refractivity contribution in [1.29, 1.82) is 0 Å². The van der Waals surface area contributed by atoms with Gasteiger partial charge in [-0.25, -0.2) is 0 Å². The first-order valence-electron chi connectivity index (χ1n) is 10.4. The molecule has 2 N–H and O–H groups in total. The minimum atomic E-state index is -0.441. The maximum absolute atomic E-state index is 13.1. The molecule has 0 atom stereocenters. The summed E-state index contributed by atoms with van der Waals surface area (Å²) in [5.41, 5.74) is 2.54. The van der Waals surface area contributed by atoms with Crippen LogP contribution in [0.15, 0.2) is 89.7 Å². The number of aryl methyl sites for hydroxylation is 1. The van der Waals surface area contributed by atoms with E-state index in [2.05, 4.69) is 10.6 Å². The summed E-state index contributed by atoms with van der Waals surface area (Å²) in [5, 5.41) is 6.37. The van der Waals surface area contributed by atoms with E-state index in [1.807, 2.05) is 42.5 Å². The fourth-order valence-electron chi connectivity index (χ4n) is 3.64. The maximum atomic E-state index is 13.1.